The Morgan fingerprint density at radius 1 is 1.25 bits per heavy atom. The van der Waals surface area contributed by atoms with Crippen LogP contribution in [0.5, 0.6) is 0 Å². The molecule has 0 aliphatic rings. The molecule has 0 unspecified atom stereocenters. The number of rotatable bonds is 0. The number of halogens is 1. The maximum atomic E-state index is 0. The Bertz CT molecular complexity index is 11.6. The molecule has 0 rings (SSSR count). The molecule has 0 radical (unpaired) electrons. The molecule has 0 aromatic heterocycles. The van der Waals surface area contributed by atoms with E-state index in [2.05, 4.69) is 0 Å². The van der Waals surface area contributed by atoms with Crippen molar-refractivity contribution in [3.8, 4) is 0 Å². The molecule has 0 saturated carbocycles. The van der Waals surface area contributed by atoms with Gasteiger partial charge in [-0.3, -0.25) is 0 Å². The van der Waals surface area contributed by atoms with Gasteiger partial charge in [-0.2, -0.15) is 0 Å². The van der Waals surface area contributed by atoms with Crippen LogP contribution in [0.15, 0.2) is 0 Å². The minimum absolute atomic E-state index is 0. The van der Waals surface area contributed by atoms with Crippen molar-refractivity contribution in [2.24, 2.45) is 0 Å². The normalized spacial score (nSPS) is 0. The Morgan fingerprint density at radius 2 is 1.25 bits per heavy atom. The standard InChI is InChI=1S/ClH.K.H3N.Zn.H/h1H;;1H3;;/q;+1;;;-1. The molecular weight excluding hydrogens is 154 g/mol. The van der Waals surface area contributed by atoms with Crippen molar-refractivity contribution < 1.29 is 72.3 Å². The summed E-state index contributed by atoms with van der Waals surface area (Å²) in [6.07, 6.45) is 0. The third-order valence-corrected chi connectivity index (χ3v) is 0. The summed E-state index contributed by atoms with van der Waals surface area (Å²) in [7, 11) is 0. The number of hydrogen-bond acceptors (Lipinski definition) is 1. The smallest absolute Gasteiger partial charge is 1.00 e. The zero-order valence-corrected chi connectivity index (χ0v) is 9.73. The SMILES string of the molecule is Cl.N.[H-].[K+].[Zn]. The van der Waals surface area contributed by atoms with E-state index in [9.17, 15) is 0 Å². The van der Waals surface area contributed by atoms with Crippen molar-refractivity contribution in [3.05, 3.63) is 0 Å². The summed E-state index contributed by atoms with van der Waals surface area (Å²) in [6, 6.07) is 0. The van der Waals surface area contributed by atoms with Crippen LogP contribution in [0.25, 0.3) is 0 Å². The van der Waals surface area contributed by atoms with Gasteiger partial charge in [-0.1, -0.05) is 0 Å². The van der Waals surface area contributed by atoms with Crippen LogP contribution in [0.4, 0.5) is 0 Å². The van der Waals surface area contributed by atoms with E-state index >= 15 is 0 Å². The predicted octanol–water partition coefficient (Wildman–Crippen LogP) is -2.30. The van der Waals surface area contributed by atoms with Gasteiger partial charge in [0, 0.05) is 19.5 Å². The van der Waals surface area contributed by atoms with Crippen molar-refractivity contribution in [1.82, 2.24) is 6.15 Å². The van der Waals surface area contributed by atoms with E-state index in [1.165, 1.54) is 0 Å². The first-order chi connectivity index (χ1) is 0. The zero-order valence-electron chi connectivity index (χ0n) is 3.82. The second-order valence-electron chi connectivity index (χ2n) is 0. The molecule has 4 heteroatoms. The van der Waals surface area contributed by atoms with Crippen LogP contribution in [0.2, 0.25) is 0 Å². The van der Waals surface area contributed by atoms with Crippen molar-refractivity contribution >= 4 is 12.4 Å². The van der Waals surface area contributed by atoms with Gasteiger partial charge in [0.25, 0.3) is 0 Å². The molecule has 4 heavy (non-hydrogen) atoms. The molecule has 0 spiro atoms. The summed E-state index contributed by atoms with van der Waals surface area (Å²) >= 11 is 0. The molecule has 0 amide bonds. The van der Waals surface area contributed by atoms with Gasteiger partial charge in [0.2, 0.25) is 0 Å². The second-order valence-corrected chi connectivity index (χ2v) is 0. The summed E-state index contributed by atoms with van der Waals surface area (Å²) < 4.78 is 0. The molecular formula is H5ClKNZn. The van der Waals surface area contributed by atoms with Gasteiger partial charge >= 0.3 is 51.4 Å². The minimum Gasteiger partial charge on any atom is -1.00 e. The molecule has 0 aromatic carbocycles. The summed E-state index contributed by atoms with van der Waals surface area (Å²) in [6.45, 7) is 0. The second kappa shape index (κ2) is 17.8. The van der Waals surface area contributed by atoms with Gasteiger partial charge in [0.05, 0.1) is 0 Å². The summed E-state index contributed by atoms with van der Waals surface area (Å²) in [5.41, 5.74) is 0. The summed E-state index contributed by atoms with van der Waals surface area (Å²) in [5, 5.41) is 0. The molecule has 0 heterocycles. The molecule has 20 valence electrons. The van der Waals surface area contributed by atoms with Gasteiger partial charge in [0.15, 0.2) is 0 Å². The molecule has 0 atom stereocenters. The Hall–Kier alpha value is 2.51. The Balaban J connectivity index is 0. The minimum atomic E-state index is 0. The fraction of sp³-hybridized carbons (Fsp3) is 0. The third kappa shape index (κ3) is 8.82. The van der Waals surface area contributed by atoms with E-state index in [-0.39, 0.29) is 90.8 Å². The quantitative estimate of drug-likeness (QED) is 0.396. The summed E-state index contributed by atoms with van der Waals surface area (Å²) in [4.78, 5) is 0. The first-order valence-corrected chi connectivity index (χ1v) is 0. The van der Waals surface area contributed by atoms with E-state index in [0.29, 0.717) is 0 Å². The van der Waals surface area contributed by atoms with Gasteiger partial charge < -0.3 is 7.58 Å². The van der Waals surface area contributed by atoms with E-state index in [1.807, 2.05) is 0 Å². The van der Waals surface area contributed by atoms with Crippen LogP contribution in [-0.2, 0) is 19.5 Å². The summed E-state index contributed by atoms with van der Waals surface area (Å²) in [5.74, 6) is 0. The average molecular weight is 159 g/mol. The maximum absolute atomic E-state index is 0. The fourth-order valence-corrected chi connectivity index (χ4v) is 0. The Morgan fingerprint density at radius 3 is 1.25 bits per heavy atom. The first-order valence-electron chi connectivity index (χ1n) is 0. The topological polar surface area (TPSA) is 35.0 Å². The van der Waals surface area contributed by atoms with E-state index in [4.69, 9.17) is 0 Å². The largest absolute Gasteiger partial charge is 1.00 e. The molecule has 0 fully saturated rings. The van der Waals surface area contributed by atoms with Gasteiger partial charge in [0.1, 0.15) is 0 Å². The van der Waals surface area contributed by atoms with Crippen LogP contribution in [-0.4, -0.2) is 0 Å². The van der Waals surface area contributed by atoms with Crippen LogP contribution < -0.4 is 57.5 Å². The molecule has 0 bridgehead atoms. The molecule has 0 aliphatic carbocycles. The zero-order chi connectivity index (χ0) is 0. The first kappa shape index (κ1) is 31.4. The van der Waals surface area contributed by atoms with Crippen molar-refractivity contribution in [2.45, 2.75) is 0 Å². The van der Waals surface area contributed by atoms with Gasteiger partial charge in [-0.25, -0.2) is 0 Å². The van der Waals surface area contributed by atoms with E-state index in [1.54, 1.807) is 0 Å². The molecule has 1 nitrogen and oxygen atoms in total. The Kier molecular flexibility index (Phi) is 140. The van der Waals surface area contributed by atoms with E-state index < -0.39 is 0 Å². The molecule has 3 N–H and O–H groups in total. The molecule has 0 aromatic rings. The van der Waals surface area contributed by atoms with Gasteiger partial charge in [-0.05, 0) is 0 Å². The van der Waals surface area contributed by atoms with Crippen molar-refractivity contribution in [3.63, 3.8) is 0 Å². The van der Waals surface area contributed by atoms with Crippen LogP contribution in [0.1, 0.15) is 1.43 Å². The van der Waals surface area contributed by atoms with Gasteiger partial charge in [-0.15, -0.1) is 12.4 Å². The molecule has 0 aliphatic heterocycles. The van der Waals surface area contributed by atoms with Crippen molar-refractivity contribution in [1.29, 1.82) is 0 Å². The predicted molar refractivity (Wildman–Crippen MR) is 13.4 cm³/mol. The van der Waals surface area contributed by atoms with E-state index in [0.717, 1.165) is 0 Å². The monoisotopic (exact) mass is 157 g/mol. The third-order valence-electron chi connectivity index (χ3n) is 0. The van der Waals surface area contributed by atoms with Crippen LogP contribution in [0.3, 0.4) is 0 Å². The average Bonchev–Trinajstić information content (AvgIpc) is 0. The number of hydrogen-bond donors (Lipinski definition) is 1. The van der Waals surface area contributed by atoms with Crippen LogP contribution >= 0.6 is 12.4 Å². The molecule has 0 saturated heterocycles. The Labute approximate surface area is 88.9 Å². The fourth-order valence-electron chi connectivity index (χ4n) is 0. The van der Waals surface area contributed by atoms with Crippen LogP contribution in [0, 0.1) is 0 Å². The maximum Gasteiger partial charge on any atom is 1.00 e. The van der Waals surface area contributed by atoms with Crippen molar-refractivity contribution in [2.75, 3.05) is 0 Å².